The highest BCUT2D eigenvalue weighted by Gasteiger charge is 2.25. The van der Waals surface area contributed by atoms with E-state index in [-0.39, 0.29) is 5.91 Å². The van der Waals surface area contributed by atoms with Crippen LogP contribution in [0.25, 0.3) is 0 Å². The van der Waals surface area contributed by atoms with E-state index in [1.165, 1.54) is 0 Å². The summed E-state index contributed by atoms with van der Waals surface area (Å²) in [5, 5.41) is 0. The fourth-order valence-corrected chi connectivity index (χ4v) is 3.36. The van der Waals surface area contributed by atoms with Gasteiger partial charge in [-0.2, -0.15) is 0 Å². The summed E-state index contributed by atoms with van der Waals surface area (Å²) >= 11 is 3.40. The smallest absolute Gasteiger partial charge is 0.250 e. The Kier molecular flexibility index (Phi) is 5.05. The fraction of sp³-hybridized carbons (Fsp3) is 0.533. The van der Waals surface area contributed by atoms with Crippen LogP contribution in [0.2, 0.25) is 0 Å². The molecule has 1 aliphatic carbocycles. The van der Waals surface area contributed by atoms with Crippen molar-refractivity contribution in [1.29, 1.82) is 0 Å². The van der Waals surface area contributed by atoms with E-state index in [1.807, 2.05) is 12.1 Å². The summed E-state index contributed by atoms with van der Waals surface area (Å²) in [6.45, 7) is 2.98. The molecule has 1 aromatic carbocycles. The van der Waals surface area contributed by atoms with Gasteiger partial charge in [-0.1, -0.05) is 15.9 Å². The van der Waals surface area contributed by atoms with Crippen LogP contribution in [0.5, 0.6) is 0 Å². The van der Waals surface area contributed by atoms with Gasteiger partial charge in [-0.15, -0.1) is 0 Å². The van der Waals surface area contributed by atoms with Crippen LogP contribution < -0.4 is 16.4 Å². The van der Waals surface area contributed by atoms with Crippen molar-refractivity contribution in [2.24, 2.45) is 11.5 Å². The highest BCUT2D eigenvalue weighted by Crippen LogP contribution is 2.30. The number of anilines is 1. The number of hydrogen-bond acceptors (Lipinski definition) is 3. The van der Waals surface area contributed by atoms with Crippen molar-refractivity contribution < 1.29 is 4.79 Å². The second-order valence-electron chi connectivity index (χ2n) is 5.38. The Morgan fingerprint density at radius 3 is 2.55 bits per heavy atom. The van der Waals surface area contributed by atoms with E-state index < -0.39 is 0 Å². The number of hydrogen-bond donors (Lipinski definition) is 2. The molecule has 1 saturated carbocycles. The number of carbonyl (C=O) groups is 1. The van der Waals surface area contributed by atoms with Gasteiger partial charge in [-0.05, 0) is 50.8 Å². The third kappa shape index (κ3) is 3.33. The van der Waals surface area contributed by atoms with Crippen molar-refractivity contribution in [3.8, 4) is 0 Å². The molecular weight excluding hydrogens is 318 g/mol. The lowest BCUT2D eigenvalue weighted by atomic mass is 9.90. The minimum atomic E-state index is -0.382. The second-order valence-corrected chi connectivity index (χ2v) is 6.30. The molecule has 0 aliphatic heterocycles. The number of rotatable bonds is 4. The molecule has 0 saturated heterocycles. The molecule has 20 heavy (non-hydrogen) atoms. The summed E-state index contributed by atoms with van der Waals surface area (Å²) in [6, 6.07) is 6.50. The largest absolute Gasteiger partial charge is 0.368 e. The Morgan fingerprint density at radius 2 is 2.00 bits per heavy atom. The molecule has 1 fully saturated rings. The Balaban J connectivity index is 2.29. The highest BCUT2D eigenvalue weighted by atomic mass is 79.9. The third-order valence-electron chi connectivity index (χ3n) is 4.06. The Labute approximate surface area is 128 Å². The molecule has 110 valence electrons. The first-order chi connectivity index (χ1) is 9.52. The number of benzene rings is 1. The van der Waals surface area contributed by atoms with E-state index in [2.05, 4.69) is 27.8 Å². The molecule has 0 spiro atoms. The maximum Gasteiger partial charge on any atom is 0.250 e. The molecule has 2 rings (SSSR count). The van der Waals surface area contributed by atoms with Crippen LogP contribution in [0.3, 0.4) is 0 Å². The summed E-state index contributed by atoms with van der Waals surface area (Å²) in [5.74, 6) is -0.382. The number of amides is 1. The molecule has 1 aromatic rings. The maximum atomic E-state index is 11.7. The van der Waals surface area contributed by atoms with Gasteiger partial charge in [-0.25, -0.2) is 0 Å². The predicted octanol–water partition coefficient (Wildman–Crippen LogP) is 2.64. The number of nitrogens with two attached hydrogens (primary N) is 2. The third-order valence-corrected chi connectivity index (χ3v) is 4.55. The summed E-state index contributed by atoms with van der Waals surface area (Å²) in [5.41, 5.74) is 13.0. The predicted molar refractivity (Wildman–Crippen MR) is 85.9 cm³/mol. The van der Waals surface area contributed by atoms with Crippen molar-refractivity contribution in [3.05, 3.63) is 28.2 Å². The molecule has 0 aromatic heterocycles. The van der Waals surface area contributed by atoms with E-state index in [0.717, 1.165) is 42.4 Å². The topological polar surface area (TPSA) is 72.3 Å². The molecule has 0 heterocycles. The van der Waals surface area contributed by atoms with Crippen molar-refractivity contribution in [2.45, 2.75) is 44.7 Å². The summed E-state index contributed by atoms with van der Waals surface area (Å²) in [6.07, 6.45) is 4.24. The van der Waals surface area contributed by atoms with Gasteiger partial charge < -0.3 is 16.4 Å². The molecule has 0 unspecified atom stereocenters. The summed E-state index contributed by atoms with van der Waals surface area (Å²) in [4.78, 5) is 14.0. The molecular formula is C15H22BrN3O. The Morgan fingerprint density at radius 1 is 1.35 bits per heavy atom. The highest BCUT2D eigenvalue weighted by molar-refractivity contribution is 9.10. The standard InChI is InChI=1S/C15H22BrN3O/c1-2-19(12-6-4-11(17)5-7-12)14-8-3-10(16)9-13(14)15(18)20/h3,8-9,11-12H,2,4-7,17H2,1H3,(H2,18,20). The zero-order valence-electron chi connectivity index (χ0n) is 11.8. The van der Waals surface area contributed by atoms with Crippen LogP contribution in [-0.2, 0) is 0 Å². The quantitative estimate of drug-likeness (QED) is 0.885. The van der Waals surface area contributed by atoms with Crippen LogP contribution in [0, 0.1) is 0 Å². The fourth-order valence-electron chi connectivity index (χ4n) is 2.99. The summed E-state index contributed by atoms with van der Waals surface area (Å²) in [7, 11) is 0. The van der Waals surface area contributed by atoms with Crippen molar-refractivity contribution in [3.63, 3.8) is 0 Å². The van der Waals surface area contributed by atoms with Gasteiger partial charge in [0.25, 0.3) is 5.91 Å². The Bertz CT molecular complexity index is 484. The van der Waals surface area contributed by atoms with E-state index in [4.69, 9.17) is 11.5 Å². The SMILES string of the molecule is CCN(c1ccc(Br)cc1C(N)=O)C1CCC(N)CC1. The molecule has 0 bridgehead atoms. The van der Waals surface area contributed by atoms with Gasteiger partial charge in [0.2, 0.25) is 0 Å². The second kappa shape index (κ2) is 6.59. The van der Waals surface area contributed by atoms with Gasteiger partial charge in [0, 0.05) is 28.8 Å². The first-order valence-corrected chi connectivity index (χ1v) is 7.93. The van der Waals surface area contributed by atoms with Gasteiger partial charge in [0.1, 0.15) is 0 Å². The number of carbonyl (C=O) groups excluding carboxylic acids is 1. The zero-order valence-corrected chi connectivity index (χ0v) is 13.4. The lowest BCUT2D eigenvalue weighted by molar-refractivity contribution is 0.100. The van der Waals surface area contributed by atoms with Crippen LogP contribution >= 0.6 is 15.9 Å². The average Bonchev–Trinajstić information content (AvgIpc) is 2.43. The van der Waals surface area contributed by atoms with Gasteiger partial charge >= 0.3 is 0 Å². The molecule has 0 atom stereocenters. The van der Waals surface area contributed by atoms with Crippen LogP contribution in [-0.4, -0.2) is 24.5 Å². The lowest BCUT2D eigenvalue weighted by Gasteiger charge is -2.37. The van der Waals surface area contributed by atoms with Gasteiger partial charge in [0.05, 0.1) is 5.56 Å². The molecule has 0 radical (unpaired) electrons. The molecule has 1 amide bonds. The minimum absolute atomic E-state index is 0.325. The lowest BCUT2D eigenvalue weighted by Crippen LogP contribution is -2.41. The maximum absolute atomic E-state index is 11.7. The van der Waals surface area contributed by atoms with Crippen molar-refractivity contribution in [1.82, 2.24) is 0 Å². The van der Waals surface area contributed by atoms with E-state index in [1.54, 1.807) is 6.07 Å². The Hall–Kier alpha value is -1.07. The van der Waals surface area contributed by atoms with Crippen molar-refractivity contribution in [2.75, 3.05) is 11.4 Å². The molecule has 1 aliphatic rings. The number of halogens is 1. The van der Waals surface area contributed by atoms with Gasteiger partial charge in [-0.3, -0.25) is 4.79 Å². The monoisotopic (exact) mass is 339 g/mol. The molecule has 4 N–H and O–H groups in total. The van der Waals surface area contributed by atoms with Crippen LogP contribution in [0.15, 0.2) is 22.7 Å². The number of nitrogens with zero attached hydrogens (tertiary/aromatic N) is 1. The minimum Gasteiger partial charge on any atom is -0.368 e. The van der Waals surface area contributed by atoms with Crippen LogP contribution in [0.1, 0.15) is 43.0 Å². The van der Waals surface area contributed by atoms with E-state index >= 15 is 0 Å². The average molecular weight is 340 g/mol. The van der Waals surface area contributed by atoms with Gasteiger partial charge in [0.15, 0.2) is 0 Å². The van der Waals surface area contributed by atoms with Crippen molar-refractivity contribution >= 4 is 27.5 Å². The molecule has 5 heteroatoms. The first kappa shape index (κ1) is 15.3. The molecule has 4 nitrogen and oxygen atoms in total. The zero-order chi connectivity index (χ0) is 14.7. The van der Waals surface area contributed by atoms with E-state index in [0.29, 0.717) is 17.6 Å². The van der Waals surface area contributed by atoms with Crippen LogP contribution in [0.4, 0.5) is 5.69 Å². The number of primary amides is 1. The first-order valence-electron chi connectivity index (χ1n) is 7.14. The summed E-state index contributed by atoms with van der Waals surface area (Å²) < 4.78 is 0.872. The van der Waals surface area contributed by atoms with E-state index in [9.17, 15) is 4.79 Å². The normalized spacial score (nSPS) is 22.6.